The van der Waals surface area contributed by atoms with Crippen LogP contribution >= 0.6 is 0 Å². The van der Waals surface area contributed by atoms with E-state index < -0.39 is 0 Å². The third-order valence-electron chi connectivity index (χ3n) is 0.182. The summed E-state index contributed by atoms with van der Waals surface area (Å²) in [7, 11) is 0. The van der Waals surface area contributed by atoms with Gasteiger partial charge in [-0.2, -0.15) is 5.26 Å². The van der Waals surface area contributed by atoms with Crippen LogP contribution in [-0.2, 0) is 25.3 Å². The average molecular weight is 161 g/mol. The molecule has 0 aliphatic carbocycles. The van der Waals surface area contributed by atoms with Crippen LogP contribution in [0.25, 0.3) is 0 Å². The quantitative estimate of drug-likeness (QED) is 0.201. The van der Waals surface area contributed by atoms with Crippen LogP contribution in [-0.4, -0.2) is 0 Å². The maximum absolute atomic E-state index is 7.78. The normalized spacial score (nSPS) is 4.38. The van der Waals surface area contributed by atoms with Gasteiger partial charge in [-0.3, -0.25) is 0 Å². The number of allylic oxidation sites excluding steroid dienone is 1. The zero-order valence-electron chi connectivity index (χ0n) is 4.84. The smallest absolute Gasteiger partial charge is 0.807 e. The van der Waals surface area contributed by atoms with Crippen molar-refractivity contribution in [3.8, 4) is 6.07 Å². The summed E-state index contributed by atoms with van der Waals surface area (Å²) in [5, 5.41) is 7.78. The van der Waals surface area contributed by atoms with E-state index in [2.05, 4.69) is 25.3 Å². The first-order valence-corrected chi connectivity index (χ1v) is 2.03. The van der Waals surface area contributed by atoms with Gasteiger partial charge in [0.05, 0.1) is 6.07 Å². The molecular weight excluding hydrogens is 160 g/mol. The summed E-state index contributed by atoms with van der Waals surface area (Å²) in [6.45, 7) is 0. The molecule has 8 heavy (non-hydrogen) atoms. The van der Waals surface area contributed by atoms with Crippen LogP contribution in [0, 0.1) is 11.3 Å². The van der Waals surface area contributed by atoms with Gasteiger partial charge in [0.15, 0.2) is 0 Å². The molecule has 0 heterocycles. The van der Waals surface area contributed by atoms with Gasteiger partial charge in [-0.1, -0.05) is 0 Å². The Morgan fingerprint density at radius 1 is 1.38 bits per heavy atom. The molecule has 0 amide bonds. The Morgan fingerprint density at radius 2 is 1.75 bits per heavy atom. The molecule has 0 unspecified atom stereocenters. The van der Waals surface area contributed by atoms with Crippen molar-refractivity contribution in [3.63, 3.8) is 0 Å². The summed E-state index contributed by atoms with van der Waals surface area (Å²) in [4.78, 5) is 0. The molecule has 0 aromatic carbocycles. The van der Waals surface area contributed by atoms with Gasteiger partial charge >= 0.3 is 59.1 Å². The van der Waals surface area contributed by atoms with E-state index >= 15 is 0 Å². The summed E-state index contributed by atoms with van der Waals surface area (Å²) < 4.78 is 0.220. The minimum Gasteiger partial charge on any atom is -0.807 e. The molecule has 0 saturated heterocycles. The Kier molecular flexibility index (Phi) is 23.4. The third-order valence-corrected chi connectivity index (χ3v) is 0.418. The Bertz CT molecular complexity index is 102. The van der Waals surface area contributed by atoms with Gasteiger partial charge in [0.25, 0.3) is 0 Å². The minimum atomic E-state index is 0. The zero-order valence-corrected chi connectivity index (χ0v) is 10.5. The summed E-state index contributed by atoms with van der Waals surface area (Å²) in [5.74, 6) is 0. The topological polar surface area (TPSA) is 23.8 Å². The van der Waals surface area contributed by atoms with E-state index in [9.17, 15) is 0 Å². The second kappa shape index (κ2) is 11.5. The molecule has 0 N–H and O–H groups in total. The van der Waals surface area contributed by atoms with Crippen LogP contribution in [0.1, 0.15) is 0 Å². The van der Waals surface area contributed by atoms with E-state index in [4.69, 9.17) is 5.26 Å². The van der Waals surface area contributed by atoms with Crippen molar-refractivity contribution < 1.29 is 59.1 Å². The standard InChI is InChI=1S/C3H3NS2.2Na/c4-2-1-3(5)6;;/h1,5-6H;;/q;2*+1/p-2. The fourth-order valence-corrected chi connectivity index (χ4v) is 0.158. The van der Waals surface area contributed by atoms with Gasteiger partial charge in [0.2, 0.25) is 0 Å². The molecule has 5 heteroatoms. The minimum absolute atomic E-state index is 0. The number of nitrogens with zero attached hydrogens (tertiary/aromatic N) is 1. The van der Waals surface area contributed by atoms with E-state index in [0.29, 0.717) is 0 Å². The summed E-state index contributed by atoms with van der Waals surface area (Å²) in [6.07, 6.45) is 1.14. The molecule has 0 bridgehead atoms. The molecule has 0 aromatic rings. The molecule has 0 atom stereocenters. The molecule has 0 fully saturated rings. The second-order valence-corrected chi connectivity index (χ2v) is 1.73. The van der Waals surface area contributed by atoms with Gasteiger partial charge < -0.3 is 29.5 Å². The molecule has 0 spiro atoms. The Morgan fingerprint density at radius 3 is 1.75 bits per heavy atom. The molecule has 0 rings (SSSR count). The molecule has 0 aromatic heterocycles. The van der Waals surface area contributed by atoms with Crippen molar-refractivity contribution in [2.24, 2.45) is 0 Å². The predicted octanol–water partition coefficient (Wildman–Crippen LogP) is -5.55. The monoisotopic (exact) mass is 161 g/mol. The molecule has 0 saturated carbocycles. The Balaban J connectivity index is -0.000000125. The van der Waals surface area contributed by atoms with Gasteiger partial charge in [0, 0.05) is 0 Å². The van der Waals surface area contributed by atoms with Crippen molar-refractivity contribution in [2.75, 3.05) is 0 Å². The summed E-state index contributed by atoms with van der Waals surface area (Å²) in [6, 6.07) is 1.70. The third kappa shape index (κ3) is 15.6. The van der Waals surface area contributed by atoms with Crippen LogP contribution in [0.15, 0.2) is 10.3 Å². The first-order chi connectivity index (χ1) is 2.77. The van der Waals surface area contributed by atoms with Crippen LogP contribution in [0.4, 0.5) is 0 Å². The largest absolute Gasteiger partial charge is 1.00 e. The van der Waals surface area contributed by atoms with E-state index in [0.717, 1.165) is 6.08 Å². The summed E-state index contributed by atoms with van der Waals surface area (Å²) in [5.41, 5.74) is 0. The molecule has 1 nitrogen and oxygen atoms in total. The molecule has 32 valence electrons. The molecule has 0 aliphatic heterocycles. The van der Waals surface area contributed by atoms with E-state index in [1.807, 2.05) is 0 Å². The Labute approximate surface area is 104 Å². The number of nitriles is 1. The Hall–Kier alpha value is 1.67. The average Bonchev–Trinajstić information content (AvgIpc) is 1.35. The van der Waals surface area contributed by atoms with Crippen LogP contribution in [0.2, 0.25) is 0 Å². The van der Waals surface area contributed by atoms with Gasteiger partial charge in [0.1, 0.15) is 0 Å². The van der Waals surface area contributed by atoms with Crippen LogP contribution in [0.3, 0.4) is 0 Å². The number of rotatable bonds is 0. The molecular formula is C3HNNa2S2. The number of hydrogen-bond donors (Lipinski definition) is 0. The van der Waals surface area contributed by atoms with E-state index in [1.54, 1.807) is 6.07 Å². The summed E-state index contributed by atoms with van der Waals surface area (Å²) >= 11 is 8.66. The maximum atomic E-state index is 7.78. The van der Waals surface area contributed by atoms with Crippen molar-refractivity contribution >= 4 is 25.3 Å². The van der Waals surface area contributed by atoms with Crippen molar-refractivity contribution in [3.05, 3.63) is 10.3 Å². The van der Waals surface area contributed by atoms with Crippen LogP contribution < -0.4 is 59.1 Å². The predicted molar refractivity (Wildman–Crippen MR) is 28.4 cm³/mol. The fourth-order valence-electron chi connectivity index (χ4n) is 0.0527. The first-order valence-electron chi connectivity index (χ1n) is 1.21. The van der Waals surface area contributed by atoms with E-state index in [1.165, 1.54) is 0 Å². The SMILES string of the molecule is N#CC=C([S-])[S-].[Na+].[Na+]. The maximum Gasteiger partial charge on any atom is 1.00 e. The second-order valence-electron chi connectivity index (χ2n) is 0.592. The fraction of sp³-hybridized carbons (Fsp3) is 0. The van der Waals surface area contributed by atoms with Crippen LogP contribution in [0.5, 0.6) is 0 Å². The zero-order chi connectivity index (χ0) is 4.99. The van der Waals surface area contributed by atoms with Crippen molar-refractivity contribution in [1.29, 1.82) is 5.26 Å². The first kappa shape index (κ1) is 16.3. The number of hydrogen-bond acceptors (Lipinski definition) is 3. The molecule has 0 aliphatic rings. The van der Waals surface area contributed by atoms with Gasteiger partial charge in [-0.05, 0) is 6.08 Å². The molecule has 0 radical (unpaired) electrons. The van der Waals surface area contributed by atoms with Gasteiger partial charge in [-0.15, -0.1) is 0 Å². The van der Waals surface area contributed by atoms with Crippen molar-refractivity contribution in [2.45, 2.75) is 0 Å². The van der Waals surface area contributed by atoms with Crippen molar-refractivity contribution in [1.82, 2.24) is 0 Å². The van der Waals surface area contributed by atoms with Gasteiger partial charge in [-0.25, -0.2) is 0 Å². The van der Waals surface area contributed by atoms with E-state index in [-0.39, 0.29) is 63.4 Å².